The van der Waals surface area contributed by atoms with Crippen molar-refractivity contribution in [2.75, 3.05) is 6.61 Å². The molecule has 0 radical (unpaired) electrons. The summed E-state index contributed by atoms with van der Waals surface area (Å²) in [5, 5.41) is 23.0. The molecule has 0 aromatic heterocycles. The maximum absolute atomic E-state index is 12.4. The number of hydrogen-bond donors (Lipinski definition) is 3. The van der Waals surface area contributed by atoms with Gasteiger partial charge in [0.25, 0.3) is 0 Å². The normalized spacial score (nSPS) is 13.5. The molecule has 3 N–H and O–H groups in total. The summed E-state index contributed by atoms with van der Waals surface area (Å²) in [5.41, 5.74) is 0. The second kappa shape index (κ2) is 43.5. The molecular weight excluding hydrogens is 639 g/mol. The van der Waals surface area contributed by atoms with Gasteiger partial charge in [0.15, 0.2) is 0 Å². The van der Waals surface area contributed by atoms with Crippen LogP contribution in [0.15, 0.2) is 60.8 Å². The maximum atomic E-state index is 12.4. The topological polar surface area (TPSA) is 69.6 Å². The van der Waals surface area contributed by atoms with E-state index in [1.165, 1.54) is 141 Å². The van der Waals surface area contributed by atoms with Crippen LogP contribution in [-0.2, 0) is 4.79 Å². The van der Waals surface area contributed by atoms with Crippen LogP contribution in [0.5, 0.6) is 0 Å². The van der Waals surface area contributed by atoms with Crippen molar-refractivity contribution in [2.24, 2.45) is 0 Å². The molecule has 52 heavy (non-hydrogen) atoms. The van der Waals surface area contributed by atoms with Gasteiger partial charge in [-0.2, -0.15) is 0 Å². The third-order valence-electron chi connectivity index (χ3n) is 9.97. The van der Waals surface area contributed by atoms with Crippen molar-refractivity contribution in [3.63, 3.8) is 0 Å². The fourth-order valence-corrected chi connectivity index (χ4v) is 6.49. The molecule has 0 aliphatic rings. The Hall–Kier alpha value is -1.91. The van der Waals surface area contributed by atoms with Crippen molar-refractivity contribution in [1.82, 2.24) is 5.32 Å². The number of carbonyl (C=O) groups excluding carboxylic acids is 1. The zero-order valence-corrected chi connectivity index (χ0v) is 34.6. The van der Waals surface area contributed by atoms with Gasteiger partial charge in [-0.25, -0.2) is 0 Å². The first-order valence-corrected chi connectivity index (χ1v) is 22.5. The maximum Gasteiger partial charge on any atom is 0.220 e. The summed E-state index contributed by atoms with van der Waals surface area (Å²) < 4.78 is 0. The number of unbranched alkanes of at least 4 members (excludes halogenated alkanes) is 25. The van der Waals surface area contributed by atoms with E-state index < -0.39 is 12.1 Å². The fourth-order valence-electron chi connectivity index (χ4n) is 6.49. The predicted molar refractivity (Wildman–Crippen MR) is 230 cm³/mol. The minimum absolute atomic E-state index is 0.0874. The Morgan fingerprint density at radius 1 is 0.462 bits per heavy atom. The standard InChI is InChI=1S/C48H87NO3/c1-3-5-7-9-11-13-15-17-19-21-23-24-26-28-30-32-34-36-38-40-42-44-48(52)49-46(45-50)47(51)43-41-39-37-35-33-31-29-27-25-22-20-18-16-14-12-10-8-6-4-2/h15,17,21,23,26,28,33,35,41,43,46-47,50-51H,3-14,16,18-20,22,24-25,27,29-32,34,36-40,42,44-45H2,1-2H3,(H,49,52)/b17-15-,23-21-,28-26-,35-33+,43-41+. The Labute approximate surface area is 324 Å². The third-order valence-corrected chi connectivity index (χ3v) is 9.97. The summed E-state index contributed by atoms with van der Waals surface area (Å²) in [6.07, 6.45) is 60.4. The molecule has 0 aromatic carbocycles. The number of allylic oxidation sites excluding steroid dienone is 9. The van der Waals surface area contributed by atoms with Crippen LogP contribution in [0.3, 0.4) is 0 Å². The summed E-state index contributed by atoms with van der Waals surface area (Å²) >= 11 is 0. The molecule has 1 amide bonds. The highest BCUT2D eigenvalue weighted by Crippen LogP contribution is 2.14. The van der Waals surface area contributed by atoms with E-state index in [0.717, 1.165) is 57.8 Å². The highest BCUT2D eigenvalue weighted by molar-refractivity contribution is 5.76. The molecule has 0 aromatic rings. The molecule has 0 aliphatic heterocycles. The minimum Gasteiger partial charge on any atom is -0.394 e. The van der Waals surface area contributed by atoms with Gasteiger partial charge >= 0.3 is 0 Å². The molecule has 2 atom stereocenters. The van der Waals surface area contributed by atoms with Crippen LogP contribution in [0, 0.1) is 0 Å². The highest BCUT2D eigenvalue weighted by Gasteiger charge is 2.17. The van der Waals surface area contributed by atoms with Gasteiger partial charge in [0.05, 0.1) is 18.8 Å². The average Bonchev–Trinajstić information content (AvgIpc) is 3.15. The van der Waals surface area contributed by atoms with Crippen molar-refractivity contribution in [1.29, 1.82) is 0 Å². The Kier molecular flexibility index (Phi) is 41.9. The summed E-state index contributed by atoms with van der Waals surface area (Å²) in [6, 6.07) is -0.648. The first-order chi connectivity index (χ1) is 25.7. The monoisotopic (exact) mass is 726 g/mol. The van der Waals surface area contributed by atoms with E-state index in [1.54, 1.807) is 6.08 Å². The van der Waals surface area contributed by atoms with E-state index in [-0.39, 0.29) is 12.5 Å². The Morgan fingerprint density at radius 3 is 1.25 bits per heavy atom. The van der Waals surface area contributed by atoms with Crippen LogP contribution < -0.4 is 5.32 Å². The number of amides is 1. The van der Waals surface area contributed by atoms with E-state index in [1.807, 2.05) is 6.08 Å². The van der Waals surface area contributed by atoms with Gasteiger partial charge in [0, 0.05) is 6.42 Å². The summed E-state index contributed by atoms with van der Waals surface area (Å²) in [5.74, 6) is -0.0874. The third kappa shape index (κ3) is 39.3. The van der Waals surface area contributed by atoms with Crippen molar-refractivity contribution in [3.8, 4) is 0 Å². The Morgan fingerprint density at radius 2 is 0.808 bits per heavy atom. The molecule has 302 valence electrons. The summed E-state index contributed by atoms with van der Waals surface area (Å²) in [6.45, 7) is 4.28. The molecule has 0 fully saturated rings. The molecule has 0 spiro atoms. The highest BCUT2D eigenvalue weighted by atomic mass is 16.3. The Balaban J connectivity index is 3.66. The van der Waals surface area contributed by atoms with Crippen molar-refractivity contribution in [3.05, 3.63) is 60.8 Å². The van der Waals surface area contributed by atoms with Crippen molar-refractivity contribution < 1.29 is 15.0 Å². The van der Waals surface area contributed by atoms with Gasteiger partial charge in [0.1, 0.15) is 0 Å². The molecule has 0 saturated carbocycles. The minimum atomic E-state index is -0.870. The van der Waals surface area contributed by atoms with E-state index in [0.29, 0.717) is 6.42 Å². The number of aliphatic hydroxyl groups is 2. The zero-order valence-electron chi connectivity index (χ0n) is 34.6. The van der Waals surface area contributed by atoms with E-state index >= 15 is 0 Å². The number of hydrogen-bond acceptors (Lipinski definition) is 3. The van der Waals surface area contributed by atoms with Gasteiger partial charge in [-0.05, 0) is 70.6 Å². The summed E-state index contributed by atoms with van der Waals surface area (Å²) in [7, 11) is 0. The second-order valence-electron chi connectivity index (χ2n) is 15.1. The fraction of sp³-hybridized carbons (Fsp3) is 0.771. The van der Waals surface area contributed by atoms with Crippen LogP contribution in [0.2, 0.25) is 0 Å². The van der Waals surface area contributed by atoms with Gasteiger partial charge in [-0.3, -0.25) is 4.79 Å². The number of aliphatic hydroxyl groups excluding tert-OH is 2. The predicted octanol–water partition coefficient (Wildman–Crippen LogP) is 14.1. The Bertz CT molecular complexity index is 873. The lowest BCUT2D eigenvalue weighted by Crippen LogP contribution is -2.45. The molecule has 0 saturated heterocycles. The first kappa shape index (κ1) is 50.1. The van der Waals surface area contributed by atoms with Gasteiger partial charge in [0.2, 0.25) is 5.91 Å². The lowest BCUT2D eigenvalue weighted by molar-refractivity contribution is -0.123. The molecule has 0 aliphatic carbocycles. The number of nitrogens with one attached hydrogen (secondary N) is 1. The van der Waals surface area contributed by atoms with Gasteiger partial charge < -0.3 is 15.5 Å². The summed E-state index contributed by atoms with van der Waals surface area (Å²) in [4.78, 5) is 12.4. The van der Waals surface area contributed by atoms with Gasteiger partial charge in [-0.1, -0.05) is 203 Å². The molecule has 2 unspecified atom stereocenters. The van der Waals surface area contributed by atoms with Crippen LogP contribution in [-0.4, -0.2) is 34.9 Å². The van der Waals surface area contributed by atoms with Crippen LogP contribution in [0.1, 0.15) is 219 Å². The smallest absolute Gasteiger partial charge is 0.220 e. The van der Waals surface area contributed by atoms with Crippen LogP contribution in [0.25, 0.3) is 0 Å². The quantitative estimate of drug-likeness (QED) is 0.0435. The first-order valence-electron chi connectivity index (χ1n) is 22.5. The SMILES string of the molecule is CCCCCCC/C=C\C/C=C\C/C=C\CCCCCCCCC(=O)NC(CO)C(O)/C=C/CC/C=C/CCCCCCCCCCCCCCC. The van der Waals surface area contributed by atoms with E-state index in [9.17, 15) is 15.0 Å². The lowest BCUT2D eigenvalue weighted by Gasteiger charge is -2.19. The van der Waals surface area contributed by atoms with Gasteiger partial charge in [-0.15, -0.1) is 0 Å². The lowest BCUT2D eigenvalue weighted by atomic mass is 10.0. The molecule has 4 nitrogen and oxygen atoms in total. The van der Waals surface area contributed by atoms with Crippen LogP contribution >= 0.6 is 0 Å². The van der Waals surface area contributed by atoms with E-state index in [4.69, 9.17) is 0 Å². The van der Waals surface area contributed by atoms with Crippen LogP contribution in [0.4, 0.5) is 0 Å². The number of rotatable bonds is 40. The largest absolute Gasteiger partial charge is 0.394 e. The molecular formula is C48H87NO3. The molecule has 0 heterocycles. The zero-order chi connectivity index (χ0) is 37.8. The molecule has 4 heteroatoms. The van der Waals surface area contributed by atoms with Crippen molar-refractivity contribution in [2.45, 2.75) is 231 Å². The molecule has 0 bridgehead atoms. The molecule has 0 rings (SSSR count). The average molecular weight is 726 g/mol. The van der Waals surface area contributed by atoms with Crippen molar-refractivity contribution >= 4 is 5.91 Å². The van der Waals surface area contributed by atoms with E-state index in [2.05, 4.69) is 67.8 Å². The second-order valence-corrected chi connectivity index (χ2v) is 15.1. The number of carbonyl (C=O) groups is 1.